The molecule has 0 saturated heterocycles. The number of benzene rings is 1. The smallest absolute Gasteiger partial charge is 0.321 e. The van der Waals surface area contributed by atoms with Gasteiger partial charge in [0.05, 0.1) is 5.56 Å². The van der Waals surface area contributed by atoms with Crippen LogP contribution in [0.2, 0.25) is 0 Å². The maximum atomic E-state index is 12.5. The average molecular weight is 325 g/mol. The number of nitrogens with one attached hydrogen (secondary N) is 1. The number of aryl methyl sites for hydroxylation is 1. The highest BCUT2D eigenvalue weighted by Crippen LogP contribution is 2.29. The van der Waals surface area contributed by atoms with Crippen LogP contribution in [0.1, 0.15) is 21.7 Å². The number of rotatable bonds is 2. The number of aromatic nitrogens is 2. The van der Waals surface area contributed by atoms with E-state index < -0.39 is 17.6 Å². The van der Waals surface area contributed by atoms with Crippen molar-refractivity contribution in [1.29, 1.82) is 0 Å². The van der Waals surface area contributed by atoms with E-state index in [1.54, 1.807) is 10.6 Å². The molecule has 0 aliphatic carbocycles. The molecule has 8 heteroatoms. The molecule has 2 aromatic heterocycles. The highest BCUT2D eigenvalue weighted by Gasteiger charge is 2.30. The topological polar surface area (TPSA) is 46.4 Å². The lowest BCUT2D eigenvalue weighted by molar-refractivity contribution is -0.137. The first-order valence-electron chi connectivity index (χ1n) is 6.26. The molecule has 4 nitrogen and oxygen atoms in total. The Labute approximate surface area is 127 Å². The van der Waals surface area contributed by atoms with Crippen LogP contribution in [0.25, 0.3) is 4.96 Å². The van der Waals surface area contributed by atoms with Crippen LogP contribution in [-0.4, -0.2) is 15.3 Å². The number of nitrogens with zero attached hydrogens (tertiary/aromatic N) is 2. The maximum absolute atomic E-state index is 12.5. The van der Waals surface area contributed by atoms with E-state index in [0.717, 1.165) is 17.8 Å². The first-order chi connectivity index (χ1) is 10.3. The van der Waals surface area contributed by atoms with Crippen molar-refractivity contribution >= 4 is 27.9 Å². The number of carbonyl (C=O) groups excluding carboxylic acids is 1. The van der Waals surface area contributed by atoms with Gasteiger partial charge in [0, 0.05) is 23.0 Å². The lowest BCUT2D eigenvalue weighted by Gasteiger charge is -2.08. The molecule has 0 atom stereocenters. The lowest BCUT2D eigenvalue weighted by Crippen LogP contribution is -2.12. The van der Waals surface area contributed by atoms with Crippen molar-refractivity contribution in [2.45, 2.75) is 13.1 Å². The summed E-state index contributed by atoms with van der Waals surface area (Å²) < 4.78 is 39.2. The van der Waals surface area contributed by atoms with Crippen LogP contribution in [0, 0.1) is 6.92 Å². The van der Waals surface area contributed by atoms with Gasteiger partial charge in [-0.1, -0.05) is 0 Å². The normalized spacial score (nSPS) is 11.8. The van der Waals surface area contributed by atoms with Crippen LogP contribution >= 0.6 is 11.3 Å². The van der Waals surface area contributed by atoms with Gasteiger partial charge < -0.3 is 5.32 Å². The number of amides is 1. The van der Waals surface area contributed by atoms with E-state index in [4.69, 9.17) is 0 Å². The zero-order valence-electron chi connectivity index (χ0n) is 11.3. The fourth-order valence-corrected chi connectivity index (χ4v) is 2.79. The highest BCUT2D eigenvalue weighted by molar-refractivity contribution is 7.15. The molecule has 1 amide bonds. The molecule has 0 saturated carbocycles. The predicted molar refractivity (Wildman–Crippen MR) is 77.2 cm³/mol. The standard InChI is InChI=1S/C14H10F3N3OS/c1-8-7-22-13-19-11(6-20(8)13)12(21)18-10-4-2-9(3-5-10)14(15,16)17/h2-7H,1H3,(H,18,21). The Balaban J connectivity index is 1.78. The zero-order valence-corrected chi connectivity index (χ0v) is 12.1. The second-order valence-corrected chi connectivity index (χ2v) is 5.52. The number of carbonyl (C=O) groups is 1. The fourth-order valence-electron chi connectivity index (χ4n) is 1.94. The molecule has 0 aliphatic rings. The van der Waals surface area contributed by atoms with Gasteiger partial charge in [-0.2, -0.15) is 13.2 Å². The molecule has 3 aromatic rings. The van der Waals surface area contributed by atoms with Crippen molar-refractivity contribution in [1.82, 2.24) is 9.38 Å². The lowest BCUT2D eigenvalue weighted by atomic mass is 10.2. The van der Waals surface area contributed by atoms with Crippen LogP contribution in [0.15, 0.2) is 35.8 Å². The van der Waals surface area contributed by atoms with Crippen molar-refractivity contribution < 1.29 is 18.0 Å². The Morgan fingerprint density at radius 1 is 1.27 bits per heavy atom. The third-order valence-corrected chi connectivity index (χ3v) is 4.05. The summed E-state index contributed by atoms with van der Waals surface area (Å²) in [5.41, 5.74) is 0.700. The average Bonchev–Trinajstić information content (AvgIpc) is 3.01. The summed E-state index contributed by atoms with van der Waals surface area (Å²) in [4.78, 5) is 16.9. The molecule has 0 unspecified atom stereocenters. The molecule has 22 heavy (non-hydrogen) atoms. The Kier molecular flexibility index (Phi) is 3.40. The second-order valence-electron chi connectivity index (χ2n) is 4.69. The summed E-state index contributed by atoms with van der Waals surface area (Å²) in [5.74, 6) is -0.463. The fraction of sp³-hybridized carbons (Fsp3) is 0.143. The SMILES string of the molecule is Cc1csc2nc(C(=O)Nc3ccc(C(F)(F)F)cc3)cn12. The van der Waals surface area contributed by atoms with Gasteiger partial charge in [0.25, 0.3) is 5.91 Å². The molecule has 0 fully saturated rings. The molecule has 2 heterocycles. The van der Waals surface area contributed by atoms with Gasteiger partial charge in [0.15, 0.2) is 4.96 Å². The van der Waals surface area contributed by atoms with Crippen molar-refractivity contribution in [2.75, 3.05) is 5.32 Å². The predicted octanol–water partition coefficient (Wildman–Crippen LogP) is 3.98. The number of hydrogen-bond acceptors (Lipinski definition) is 3. The maximum Gasteiger partial charge on any atom is 0.416 e. The van der Waals surface area contributed by atoms with Crippen LogP contribution in [0.5, 0.6) is 0 Å². The highest BCUT2D eigenvalue weighted by atomic mass is 32.1. The summed E-state index contributed by atoms with van der Waals surface area (Å²) in [6.07, 6.45) is -2.80. The van der Waals surface area contributed by atoms with E-state index >= 15 is 0 Å². The van der Waals surface area contributed by atoms with Gasteiger partial charge >= 0.3 is 6.18 Å². The van der Waals surface area contributed by atoms with Crippen LogP contribution in [-0.2, 0) is 6.18 Å². The summed E-state index contributed by atoms with van der Waals surface area (Å²) in [6.45, 7) is 1.89. The number of thiazole rings is 1. The number of fused-ring (bicyclic) bond motifs is 1. The summed E-state index contributed by atoms with van der Waals surface area (Å²) in [6, 6.07) is 4.27. The Morgan fingerprint density at radius 3 is 2.55 bits per heavy atom. The minimum Gasteiger partial charge on any atom is -0.321 e. The van der Waals surface area contributed by atoms with Gasteiger partial charge in [-0.05, 0) is 31.2 Å². The van der Waals surface area contributed by atoms with E-state index in [9.17, 15) is 18.0 Å². The zero-order chi connectivity index (χ0) is 15.9. The molecular weight excluding hydrogens is 315 g/mol. The van der Waals surface area contributed by atoms with Crippen LogP contribution in [0.4, 0.5) is 18.9 Å². The molecule has 1 aromatic carbocycles. The molecular formula is C14H10F3N3OS. The number of imidazole rings is 1. The van der Waals surface area contributed by atoms with E-state index in [1.165, 1.54) is 23.5 Å². The van der Waals surface area contributed by atoms with Crippen molar-refractivity contribution in [3.8, 4) is 0 Å². The summed E-state index contributed by atoms with van der Waals surface area (Å²) in [7, 11) is 0. The molecule has 1 N–H and O–H groups in total. The number of halogens is 3. The van der Waals surface area contributed by atoms with Gasteiger partial charge in [0.1, 0.15) is 5.69 Å². The molecule has 3 rings (SSSR count). The van der Waals surface area contributed by atoms with E-state index in [2.05, 4.69) is 10.3 Å². The minimum absolute atomic E-state index is 0.217. The second kappa shape index (κ2) is 5.13. The number of hydrogen-bond donors (Lipinski definition) is 1. The molecule has 0 aliphatic heterocycles. The Bertz CT molecular complexity index is 833. The molecule has 114 valence electrons. The van der Waals surface area contributed by atoms with Crippen LogP contribution < -0.4 is 5.32 Å². The van der Waals surface area contributed by atoms with Gasteiger partial charge in [0.2, 0.25) is 0 Å². The van der Waals surface area contributed by atoms with E-state index in [0.29, 0.717) is 4.96 Å². The first-order valence-corrected chi connectivity index (χ1v) is 7.14. The number of alkyl halides is 3. The quantitative estimate of drug-likeness (QED) is 0.775. The van der Waals surface area contributed by atoms with Crippen molar-refractivity contribution in [3.63, 3.8) is 0 Å². The minimum atomic E-state index is -4.39. The summed E-state index contributed by atoms with van der Waals surface area (Å²) >= 11 is 1.41. The van der Waals surface area contributed by atoms with E-state index in [1.807, 2.05) is 12.3 Å². The Hall–Kier alpha value is -2.35. The first kappa shape index (κ1) is 14.6. The van der Waals surface area contributed by atoms with Crippen LogP contribution in [0.3, 0.4) is 0 Å². The van der Waals surface area contributed by atoms with E-state index in [-0.39, 0.29) is 11.4 Å². The van der Waals surface area contributed by atoms with Gasteiger partial charge in [-0.3, -0.25) is 9.20 Å². The van der Waals surface area contributed by atoms with Gasteiger partial charge in [-0.15, -0.1) is 11.3 Å². The third-order valence-electron chi connectivity index (χ3n) is 3.09. The number of anilines is 1. The molecule has 0 radical (unpaired) electrons. The largest absolute Gasteiger partial charge is 0.416 e. The molecule has 0 bridgehead atoms. The monoisotopic (exact) mass is 325 g/mol. The van der Waals surface area contributed by atoms with Gasteiger partial charge in [-0.25, -0.2) is 4.98 Å². The van der Waals surface area contributed by atoms with Crippen molar-refractivity contribution in [3.05, 3.63) is 52.8 Å². The third kappa shape index (κ3) is 2.69. The van der Waals surface area contributed by atoms with Crippen molar-refractivity contribution in [2.24, 2.45) is 0 Å². The summed E-state index contributed by atoms with van der Waals surface area (Å²) in [5, 5.41) is 4.45. The Morgan fingerprint density at radius 2 is 1.95 bits per heavy atom. The molecule has 0 spiro atoms.